The molecule has 0 saturated heterocycles. The number of rotatable bonds is 6. The molecule has 1 aromatic rings. The lowest BCUT2D eigenvalue weighted by Crippen LogP contribution is -2.38. The molecule has 112 valence electrons. The molecule has 4 heteroatoms. The van der Waals surface area contributed by atoms with Gasteiger partial charge in [-0.25, -0.2) is 0 Å². The van der Waals surface area contributed by atoms with Gasteiger partial charge in [-0.05, 0) is 47.8 Å². The largest absolute Gasteiger partial charge is 0.489 e. The summed E-state index contributed by atoms with van der Waals surface area (Å²) < 4.78 is 12.9. The van der Waals surface area contributed by atoms with Crippen LogP contribution in [0.2, 0.25) is 0 Å². The van der Waals surface area contributed by atoms with Gasteiger partial charge in [0.05, 0.1) is 17.3 Å². The summed E-state index contributed by atoms with van der Waals surface area (Å²) in [6, 6.07) is 6.69. The SMILES string of the molecule is CCCN(CO[C@H]1COc2c(Br)cccc2C1)C(C)C. The zero-order valence-electron chi connectivity index (χ0n) is 12.6. The van der Waals surface area contributed by atoms with Gasteiger partial charge >= 0.3 is 0 Å². The molecule has 0 amide bonds. The highest BCUT2D eigenvalue weighted by Gasteiger charge is 2.22. The maximum Gasteiger partial charge on any atom is 0.136 e. The minimum absolute atomic E-state index is 0.148. The summed E-state index contributed by atoms with van der Waals surface area (Å²) >= 11 is 3.53. The normalized spacial score (nSPS) is 18.2. The van der Waals surface area contributed by atoms with Gasteiger partial charge in [-0.3, -0.25) is 4.90 Å². The van der Waals surface area contributed by atoms with Crippen molar-refractivity contribution in [3.05, 3.63) is 28.2 Å². The van der Waals surface area contributed by atoms with Crippen molar-refractivity contribution in [3.63, 3.8) is 0 Å². The van der Waals surface area contributed by atoms with E-state index in [2.05, 4.69) is 47.7 Å². The van der Waals surface area contributed by atoms with Crippen LogP contribution in [-0.4, -0.2) is 36.9 Å². The van der Waals surface area contributed by atoms with E-state index >= 15 is 0 Å². The van der Waals surface area contributed by atoms with Crippen molar-refractivity contribution in [2.45, 2.75) is 45.8 Å². The Labute approximate surface area is 130 Å². The van der Waals surface area contributed by atoms with E-state index in [1.807, 2.05) is 12.1 Å². The molecule has 3 nitrogen and oxygen atoms in total. The second kappa shape index (κ2) is 7.43. The second-order valence-corrected chi connectivity index (χ2v) is 6.42. The van der Waals surface area contributed by atoms with Crippen LogP contribution in [0, 0.1) is 0 Å². The minimum atomic E-state index is 0.148. The molecule has 2 rings (SSSR count). The summed E-state index contributed by atoms with van der Waals surface area (Å²) in [5, 5.41) is 0. The lowest BCUT2D eigenvalue weighted by molar-refractivity contribution is -0.0548. The minimum Gasteiger partial charge on any atom is -0.489 e. The van der Waals surface area contributed by atoms with E-state index < -0.39 is 0 Å². The summed E-state index contributed by atoms with van der Waals surface area (Å²) in [7, 11) is 0. The fourth-order valence-corrected chi connectivity index (χ4v) is 2.95. The van der Waals surface area contributed by atoms with Crippen LogP contribution in [0.4, 0.5) is 0 Å². The van der Waals surface area contributed by atoms with Crippen molar-refractivity contribution in [2.75, 3.05) is 19.9 Å². The van der Waals surface area contributed by atoms with E-state index in [1.165, 1.54) is 5.56 Å². The molecule has 1 aliphatic heterocycles. The number of benzene rings is 1. The van der Waals surface area contributed by atoms with Crippen molar-refractivity contribution < 1.29 is 9.47 Å². The number of hydrogen-bond donors (Lipinski definition) is 0. The Balaban J connectivity index is 1.90. The fraction of sp³-hybridized carbons (Fsp3) is 0.625. The fourth-order valence-electron chi connectivity index (χ4n) is 2.42. The van der Waals surface area contributed by atoms with Crippen LogP contribution >= 0.6 is 15.9 Å². The Morgan fingerprint density at radius 1 is 1.45 bits per heavy atom. The first kappa shape index (κ1) is 15.8. The smallest absolute Gasteiger partial charge is 0.136 e. The lowest BCUT2D eigenvalue weighted by atomic mass is 10.0. The number of hydrogen-bond acceptors (Lipinski definition) is 3. The van der Waals surface area contributed by atoms with Crippen LogP contribution in [0.15, 0.2) is 22.7 Å². The van der Waals surface area contributed by atoms with Crippen LogP contribution in [-0.2, 0) is 11.2 Å². The Morgan fingerprint density at radius 2 is 2.25 bits per heavy atom. The van der Waals surface area contributed by atoms with Gasteiger partial charge in [0.25, 0.3) is 0 Å². The molecule has 0 N–H and O–H groups in total. The molecule has 20 heavy (non-hydrogen) atoms. The van der Waals surface area contributed by atoms with Gasteiger partial charge in [0.2, 0.25) is 0 Å². The molecule has 0 unspecified atom stereocenters. The third-order valence-corrected chi connectivity index (χ3v) is 4.25. The van der Waals surface area contributed by atoms with Gasteiger partial charge in [-0.2, -0.15) is 0 Å². The van der Waals surface area contributed by atoms with Crippen LogP contribution in [0.5, 0.6) is 5.75 Å². The third kappa shape index (κ3) is 3.96. The zero-order valence-corrected chi connectivity index (χ0v) is 14.1. The van der Waals surface area contributed by atoms with Crippen LogP contribution in [0.3, 0.4) is 0 Å². The molecule has 0 aromatic heterocycles. The topological polar surface area (TPSA) is 21.7 Å². The summed E-state index contributed by atoms with van der Waals surface area (Å²) in [6.45, 7) is 9.02. The molecule has 0 bridgehead atoms. The molecule has 0 spiro atoms. The molecule has 1 atom stereocenters. The molecule has 1 aliphatic rings. The molecule has 0 aliphatic carbocycles. The van der Waals surface area contributed by atoms with E-state index in [9.17, 15) is 0 Å². The predicted molar refractivity (Wildman–Crippen MR) is 85.2 cm³/mol. The average molecular weight is 342 g/mol. The quantitative estimate of drug-likeness (QED) is 0.733. The van der Waals surface area contributed by atoms with Crippen molar-refractivity contribution in [2.24, 2.45) is 0 Å². The molecular formula is C16H24BrNO2. The summed E-state index contributed by atoms with van der Waals surface area (Å²) in [5.74, 6) is 0.974. The summed E-state index contributed by atoms with van der Waals surface area (Å²) in [5.41, 5.74) is 1.22. The highest BCUT2D eigenvalue weighted by atomic mass is 79.9. The first-order chi connectivity index (χ1) is 9.61. The van der Waals surface area contributed by atoms with Crippen molar-refractivity contribution in [1.82, 2.24) is 4.90 Å². The van der Waals surface area contributed by atoms with Crippen LogP contribution in [0.1, 0.15) is 32.8 Å². The average Bonchev–Trinajstić information content (AvgIpc) is 2.43. The highest BCUT2D eigenvalue weighted by Crippen LogP contribution is 2.33. The maximum atomic E-state index is 6.04. The number of ether oxygens (including phenoxy) is 2. The van der Waals surface area contributed by atoms with Crippen LogP contribution < -0.4 is 4.74 Å². The summed E-state index contributed by atoms with van der Waals surface area (Å²) in [4.78, 5) is 2.36. The standard InChI is InChI=1S/C16H24BrNO2/c1-4-8-18(12(2)3)11-20-14-9-13-6-5-7-15(17)16(13)19-10-14/h5-7,12,14H,4,8-11H2,1-3H3/t14-/m1/s1. The van der Waals surface area contributed by atoms with Gasteiger partial charge in [0.15, 0.2) is 0 Å². The number of para-hydroxylation sites is 1. The Kier molecular flexibility index (Phi) is 5.87. The molecule has 1 aromatic carbocycles. The number of fused-ring (bicyclic) bond motifs is 1. The van der Waals surface area contributed by atoms with Crippen LogP contribution in [0.25, 0.3) is 0 Å². The van der Waals surface area contributed by atoms with E-state index in [0.29, 0.717) is 19.4 Å². The Bertz CT molecular complexity index is 436. The van der Waals surface area contributed by atoms with Crippen molar-refractivity contribution in [3.8, 4) is 5.75 Å². The van der Waals surface area contributed by atoms with Gasteiger partial charge < -0.3 is 9.47 Å². The number of halogens is 1. The van der Waals surface area contributed by atoms with Gasteiger partial charge in [0, 0.05) is 19.0 Å². The van der Waals surface area contributed by atoms with E-state index in [-0.39, 0.29) is 6.10 Å². The lowest BCUT2D eigenvalue weighted by Gasteiger charge is -2.31. The van der Waals surface area contributed by atoms with Gasteiger partial charge in [-0.1, -0.05) is 19.1 Å². The molecule has 0 radical (unpaired) electrons. The Hall–Kier alpha value is -0.580. The first-order valence-corrected chi connectivity index (χ1v) is 8.17. The molecular weight excluding hydrogens is 318 g/mol. The number of nitrogens with zero attached hydrogens (tertiary/aromatic N) is 1. The zero-order chi connectivity index (χ0) is 14.5. The Morgan fingerprint density at radius 3 is 2.95 bits per heavy atom. The van der Waals surface area contributed by atoms with E-state index in [1.54, 1.807) is 0 Å². The second-order valence-electron chi connectivity index (χ2n) is 5.57. The van der Waals surface area contributed by atoms with E-state index in [0.717, 1.165) is 29.6 Å². The summed E-state index contributed by atoms with van der Waals surface area (Å²) in [6.07, 6.45) is 2.22. The van der Waals surface area contributed by atoms with E-state index in [4.69, 9.17) is 9.47 Å². The first-order valence-electron chi connectivity index (χ1n) is 7.37. The highest BCUT2D eigenvalue weighted by molar-refractivity contribution is 9.10. The molecule has 0 fully saturated rings. The van der Waals surface area contributed by atoms with Crippen molar-refractivity contribution in [1.29, 1.82) is 0 Å². The molecule has 0 saturated carbocycles. The maximum absolute atomic E-state index is 6.04. The van der Waals surface area contributed by atoms with Gasteiger partial charge in [-0.15, -0.1) is 0 Å². The third-order valence-electron chi connectivity index (χ3n) is 3.63. The monoisotopic (exact) mass is 341 g/mol. The predicted octanol–water partition coefficient (Wildman–Crippen LogP) is 3.85. The molecule has 1 heterocycles. The van der Waals surface area contributed by atoms with Crippen molar-refractivity contribution >= 4 is 15.9 Å². The van der Waals surface area contributed by atoms with Gasteiger partial charge in [0.1, 0.15) is 12.4 Å².